The Morgan fingerprint density at radius 2 is 1.71 bits per heavy atom. The quantitative estimate of drug-likeness (QED) is 0.390. The zero-order chi connectivity index (χ0) is 11.2. The van der Waals surface area contributed by atoms with E-state index < -0.39 is 7.82 Å². The SMILES string of the molecule is CCC[N+](CC)(CC)COP(=O)(O)O. The molecule has 0 aliphatic carbocycles. The highest BCUT2D eigenvalue weighted by atomic mass is 31.2. The van der Waals surface area contributed by atoms with Gasteiger partial charge in [-0.25, -0.2) is 9.09 Å². The molecular formula is C8H21NO4P+. The van der Waals surface area contributed by atoms with Gasteiger partial charge in [-0.2, -0.15) is 0 Å². The number of rotatable bonds is 7. The van der Waals surface area contributed by atoms with Crippen LogP contribution in [-0.2, 0) is 9.09 Å². The van der Waals surface area contributed by atoms with E-state index in [-0.39, 0.29) is 6.73 Å². The van der Waals surface area contributed by atoms with Gasteiger partial charge in [-0.15, -0.1) is 0 Å². The van der Waals surface area contributed by atoms with E-state index in [1.165, 1.54) is 0 Å². The van der Waals surface area contributed by atoms with Gasteiger partial charge in [-0.3, -0.25) is 0 Å². The van der Waals surface area contributed by atoms with Gasteiger partial charge >= 0.3 is 7.82 Å². The van der Waals surface area contributed by atoms with Gasteiger partial charge in [0.2, 0.25) is 0 Å². The summed E-state index contributed by atoms with van der Waals surface area (Å²) in [4.78, 5) is 17.2. The first-order valence-corrected chi connectivity index (χ1v) is 6.47. The van der Waals surface area contributed by atoms with E-state index in [9.17, 15) is 4.57 Å². The van der Waals surface area contributed by atoms with Gasteiger partial charge in [-0.1, -0.05) is 6.92 Å². The fraction of sp³-hybridized carbons (Fsp3) is 1.00. The molecule has 0 aliphatic rings. The summed E-state index contributed by atoms with van der Waals surface area (Å²) in [7, 11) is -4.33. The van der Waals surface area contributed by atoms with Gasteiger partial charge < -0.3 is 14.3 Å². The van der Waals surface area contributed by atoms with E-state index in [1.54, 1.807) is 0 Å². The Morgan fingerprint density at radius 3 is 2.00 bits per heavy atom. The van der Waals surface area contributed by atoms with Crippen molar-refractivity contribution in [2.24, 2.45) is 0 Å². The van der Waals surface area contributed by atoms with Crippen LogP contribution in [0.5, 0.6) is 0 Å². The number of phosphoric ester groups is 1. The minimum absolute atomic E-state index is 0.0884. The molecule has 0 bridgehead atoms. The van der Waals surface area contributed by atoms with Crippen molar-refractivity contribution in [3.63, 3.8) is 0 Å². The second-order valence-electron chi connectivity index (χ2n) is 3.45. The molecule has 0 saturated heterocycles. The number of nitrogens with zero attached hydrogens (tertiary/aromatic N) is 1. The Bertz CT molecular complexity index is 200. The molecule has 0 aromatic heterocycles. The maximum absolute atomic E-state index is 10.6. The summed E-state index contributed by atoms with van der Waals surface area (Å²) in [6.45, 7) is 8.67. The van der Waals surface area contributed by atoms with Crippen molar-refractivity contribution in [1.29, 1.82) is 0 Å². The smallest absolute Gasteiger partial charge is 0.303 e. The Morgan fingerprint density at radius 1 is 1.21 bits per heavy atom. The molecule has 0 atom stereocenters. The van der Waals surface area contributed by atoms with E-state index in [2.05, 4.69) is 11.4 Å². The van der Waals surface area contributed by atoms with Crippen LogP contribution in [0, 0.1) is 0 Å². The van der Waals surface area contributed by atoms with Crippen molar-refractivity contribution in [3.8, 4) is 0 Å². The molecule has 0 radical (unpaired) electrons. The van der Waals surface area contributed by atoms with Crippen molar-refractivity contribution in [2.75, 3.05) is 26.4 Å². The summed E-state index contributed by atoms with van der Waals surface area (Å²) in [6, 6.07) is 0. The second kappa shape index (κ2) is 5.83. The molecule has 6 heteroatoms. The average molecular weight is 226 g/mol. The fourth-order valence-electron chi connectivity index (χ4n) is 1.46. The molecule has 2 N–H and O–H groups in total. The molecular weight excluding hydrogens is 205 g/mol. The molecule has 0 aromatic rings. The monoisotopic (exact) mass is 226 g/mol. The van der Waals surface area contributed by atoms with Gasteiger partial charge in [0.25, 0.3) is 0 Å². The van der Waals surface area contributed by atoms with Gasteiger partial charge in [0.05, 0.1) is 19.6 Å². The van der Waals surface area contributed by atoms with Crippen molar-refractivity contribution in [3.05, 3.63) is 0 Å². The first-order valence-electron chi connectivity index (χ1n) is 4.94. The highest BCUT2D eigenvalue weighted by Gasteiger charge is 2.26. The predicted molar refractivity (Wildman–Crippen MR) is 54.5 cm³/mol. The molecule has 0 amide bonds. The van der Waals surface area contributed by atoms with Gasteiger partial charge in [0.1, 0.15) is 0 Å². The van der Waals surface area contributed by atoms with Crippen LogP contribution in [-0.4, -0.2) is 40.6 Å². The standard InChI is InChI=1S/C8H20NO4P/c1-4-7-9(5-2,6-3)8-13-14(10,11)12/h4-8H2,1-3H3,(H-,10,11,12)/p+1. The highest BCUT2D eigenvalue weighted by molar-refractivity contribution is 7.46. The number of hydrogen-bond donors (Lipinski definition) is 2. The van der Waals surface area contributed by atoms with E-state index in [4.69, 9.17) is 9.79 Å². The van der Waals surface area contributed by atoms with Crippen LogP contribution in [0.3, 0.4) is 0 Å². The minimum Gasteiger partial charge on any atom is -0.303 e. The zero-order valence-corrected chi connectivity index (χ0v) is 10.0. The highest BCUT2D eigenvalue weighted by Crippen LogP contribution is 2.36. The van der Waals surface area contributed by atoms with Crippen molar-refractivity contribution in [1.82, 2.24) is 0 Å². The molecule has 0 rings (SSSR count). The molecule has 0 fully saturated rings. The third kappa shape index (κ3) is 5.08. The Labute approximate surface area is 85.5 Å². The third-order valence-electron chi connectivity index (χ3n) is 2.54. The first kappa shape index (κ1) is 14.1. The van der Waals surface area contributed by atoms with Crippen LogP contribution in [0.4, 0.5) is 0 Å². The number of phosphoric acid groups is 1. The lowest BCUT2D eigenvalue weighted by Gasteiger charge is -2.35. The van der Waals surface area contributed by atoms with Crippen LogP contribution < -0.4 is 0 Å². The van der Waals surface area contributed by atoms with Crippen LogP contribution in [0.2, 0.25) is 0 Å². The maximum Gasteiger partial charge on any atom is 0.474 e. The molecule has 0 saturated carbocycles. The number of quaternary nitrogens is 1. The lowest BCUT2D eigenvalue weighted by atomic mass is 10.3. The van der Waals surface area contributed by atoms with E-state index in [0.29, 0.717) is 4.48 Å². The van der Waals surface area contributed by atoms with Crippen molar-refractivity contribution < 1.29 is 23.4 Å². The van der Waals surface area contributed by atoms with E-state index in [1.807, 2.05) is 13.8 Å². The van der Waals surface area contributed by atoms with Crippen LogP contribution in [0.15, 0.2) is 0 Å². The molecule has 0 aliphatic heterocycles. The maximum atomic E-state index is 10.6. The predicted octanol–water partition coefficient (Wildman–Crippen LogP) is 1.32. The van der Waals surface area contributed by atoms with Gasteiger partial charge in [0.15, 0.2) is 6.73 Å². The van der Waals surface area contributed by atoms with Crippen LogP contribution >= 0.6 is 7.82 Å². The topological polar surface area (TPSA) is 66.8 Å². The van der Waals surface area contributed by atoms with Crippen molar-refractivity contribution >= 4 is 7.82 Å². The molecule has 5 nitrogen and oxygen atoms in total. The molecule has 86 valence electrons. The molecule has 0 spiro atoms. The minimum atomic E-state index is -4.33. The lowest BCUT2D eigenvalue weighted by Crippen LogP contribution is -2.49. The normalized spacial score (nSPS) is 13.2. The van der Waals surface area contributed by atoms with Crippen molar-refractivity contribution in [2.45, 2.75) is 27.2 Å². The average Bonchev–Trinajstić information content (AvgIpc) is 2.11. The van der Waals surface area contributed by atoms with Crippen LogP contribution in [0.1, 0.15) is 27.2 Å². The summed E-state index contributed by atoms with van der Waals surface area (Å²) in [6.07, 6.45) is 0.978. The molecule has 0 heterocycles. The van der Waals surface area contributed by atoms with Gasteiger partial charge in [0, 0.05) is 0 Å². The molecule has 0 unspecified atom stereocenters. The summed E-state index contributed by atoms with van der Waals surface area (Å²) < 4.78 is 15.7. The lowest BCUT2D eigenvalue weighted by molar-refractivity contribution is -0.939. The largest absolute Gasteiger partial charge is 0.474 e. The fourth-order valence-corrected chi connectivity index (χ4v) is 1.85. The van der Waals surface area contributed by atoms with Crippen LogP contribution in [0.25, 0.3) is 0 Å². The zero-order valence-electron chi connectivity index (χ0n) is 9.14. The molecule has 14 heavy (non-hydrogen) atoms. The first-order chi connectivity index (χ1) is 6.39. The number of hydrogen-bond acceptors (Lipinski definition) is 2. The summed E-state index contributed by atoms with van der Waals surface area (Å²) in [5.41, 5.74) is 0. The summed E-state index contributed by atoms with van der Waals surface area (Å²) in [5.74, 6) is 0. The Balaban J connectivity index is 4.28. The Hall–Kier alpha value is 0.0700. The third-order valence-corrected chi connectivity index (χ3v) is 2.99. The summed E-state index contributed by atoms with van der Waals surface area (Å²) >= 11 is 0. The summed E-state index contributed by atoms with van der Waals surface area (Å²) in [5, 5.41) is 0. The second-order valence-corrected chi connectivity index (χ2v) is 4.69. The van der Waals surface area contributed by atoms with E-state index >= 15 is 0 Å². The Kier molecular flexibility index (Phi) is 5.86. The van der Waals surface area contributed by atoms with Gasteiger partial charge in [-0.05, 0) is 20.3 Å². The van der Waals surface area contributed by atoms with E-state index in [0.717, 1.165) is 26.1 Å². The molecule has 0 aromatic carbocycles.